The number of nitrogens with zero attached hydrogens (tertiary/aromatic N) is 2. The van der Waals surface area contributed by atoms with Gasteiger partial charge in [0.25, 0.3) is 0 Å². The molecular formula is C28H35FN3O+. The highest BCUT2D eigenvalue weighted by atomic mass is 19.1. The molecule has 4 aliphatic rings. The van der Waals surface area contributed by atoms with E-state index in [1.54, 1.807) is 17.7 Å². The number of fused-ring (bicyclic) bond motifs is 3. The summed E-state index contributed by atoms with van der Waals surface area (Å²) in [5, 5.41) is 3.66. The maximum Gasteiger partial charge on any atom is 0.323 e. The van der Waals surface area contributed by atoms with Crippen LogP contribution >= 0.6 is 0 Å². The van der Waals surface area contributed by atoms with E-state index in [4.69, 9.17) is 0 Å². The van der Waals surface area contributed by atoms with Gasteiger partial charge in [-0.3, -0.25) is 4.79 Å². The minimum atomic E-state index is -0.265. The third-order valence-corrected chi connectivity index (χ3v) is 8.87. The number of hydrogen-bond donors (Lipinski definition) is 1. The molecule has 2 aromatic rings. The van der Waals surface area contributed by atoms with Gasteiger partial charge in [-0.2, -0.15) is 0 Å². The van der Waals surface area contributed by atoms with E-state index in [1.165, 1.54) is 55.6 Å². The molecule has 0 bridgehead atoms. The Morgan fingerprint density at radius 3 is 2.73 bits per heavy atom. The number of benzene rings is 2. The third kappa shape index (κ3) is 3.47. The zero-order chi connectivity index (χ0) is 22.4. The molecule has 1 saturated heterocycles. The second-order valence-corrected chi connectivity index (χ2v) is 10.5. The molecule has 1 saturated carbocycles. The van der Waals surface area contributed by atoms with Crippen LogP contribution < -0.4 is 10.2 Å². The van der Waals surface area contributed by atoms with Gasteiger partial charge in [-0.05, 0) is 74.0 Å². The summed E-state index contributed by atoms with van der Waals surface area (Å²) in [6.07, 6.45) is 8.33. The van der Waals surface area contributed by atoms with Gasteiger partial charge in [0.2, 0.25) is 0 Å². The molecule has 0 amide bonds. The molecule has 2 atom stereocenters. The Hall–Kier alpha value is -2.40. The Balaban J connectivity index is 1.19. The van der Waals surface area contributed by atoms with Crippen LogP contribution in [0, 0.1) is 11.7 Å². The van der Waals surface area contributed by atoms with Crippen LogP contribution in [0.3, 0.4) is 0 Å². The predicted molar refractivity (Wildman–Crippen MR) is 132 cm³/mol. The van der Waals surface area contributed by atoms with E-state index in [1.807, 2.05) is 0 Å². The van der Waals surface area contributed by atoms with Gasteiger partial charge in [-0.25, -0.2) is 4.39 Å². The molecule has 6 rings (SSSR count). The van der Waals surface area contributed by atoms with Gasteiger partial charge in [-0.1, -0.05) is 25.0 Å². The molecule has 0 radical (unpaired) electrons. The lowest BCUT2D eigenvalue weighted by molar-refractivity contribution is 0.0957. The first-order valence-corrected chi connectivity index (χ1v) is 12.8. The van der Waals surface area contributed by atoms with Crippen molar-refractivity contribution in [3.63, 3.8) is 0 Å². The van der Waals surface area contributed by atoms with Gasteiger partial charge in [0.15, 0.2) is 0 Å². The van der Waals surface area contributed by atoms with Crippen molar-refractivity contribution in [2.24, 2.45) is 5.92 Å². The highest BCUT2D eigenvalue weighted by molar-refractivity contribution is 5.96. The first-order valence-electron chi connectivity index (χ1n) is 12.8. The number of ketones is 1. The smallest absolute Gasteiger partial charge is 0.323 e. The van der Waals surface area contributed by atoms with Crippen LogP contribution in [0.25, 0.3) is 0 Å². The number of para-hydroxylation sites is 1. The monoisotopic (exact) mass is 448 g/mol. The van der Waals surface area contributed by atoms with Crippen LogP contribution in [-0.2, 0) is 0 Å². The molecule has 174 valence electrons. The third-order valence-electron chi connectivity index (χ3n) is 8.87. The SMILES string of the molecule is [OH+]=C(CCCN1CC[C@@]2(C3CCCC3)[C@@H](C1)c1cccc3c1N2CCN3)c1ccc(F)cc1. The molecule has 0 aromatic heterocycles. The Morgan fingerprint density at radius 2 is 1.91 bits per heavy atom. The summed E-state index contributed by atoms with van der Waals surface area (Å²) < 4.78 is 13.2. The van der Waals surface area contributed by atoms with Crippen LogP contribution in [-0.4, -0.2) is 53.7 Å². The van der Waals surface area contributed by atoms with Crippen LogP contribution in [0.1, 0.15) is 62.0 Å². The number of hydrogen-bond acceptors (Lipinski definition) is 3. The lowest BCUT2D eigenvalue weighted by atomic mass is 9.67. The van der Waals surface area contributed by atoms with Crippen molar-refractivity contribution < 1.29 is 9.18 Å². The fourth-order valence-electron chi connectivity index (χ4n) is 7.42. The van der Waals surface area contributed by atoms with Gasteiger partial charge in [-0.15, -0.1) is 0 Å². The number of halogens is 1. The van der Waals surface area contributed by atoms with Crippen molar-refractivity contribution in [3.05, 3.63) is 59.4 Å². The molecule has 2 fully saturated rings. The summed E-state index contributed by atoms with van der Waals surface area (Å²) in [6, 6.07) is 13.0. The molecule has 4 nitrogen and oxygen atoms in total. The molecule has 2 N–H and O–H groups in total. The second kappa shape index (κ2) is 8.43. The standard InChI is InChI=1S/C28H34FN3O/c29-22-12-10-20(11-13-22)26(33)9-4-16-31-17-14-28(21-5-1-2-6-21)24(19-31)23-7-3-8-25-27(23)32(28)18-15-30-25/h3,7-8,10-13,21,24,30H,1-2,4-6,9,14-19H2/p+1/t24-,28+/m0/s1. The lowest BCUT2D eigenvalue weighted by Crippen LogP contribution is -2.61. The van der Waals surface area contributed by atoms with Crippen molar-refractivity contribution in [2.75, 3.05) is 42.9 Å². The van der Waals surface area contributed by atoms with E-state index in [-0.39, 0.29) is 11.4 Å². The van der Waals surface area contributed by atoms with Gasteiger partial charge in [0, 0.05) is 32.1 Å². The Morgan fingerprint density at radius 1 is 1.09 bits per heavy atom. The number of carbonyl (C=O) groups excluding carboxylic acids is 1. The Bertz CT molecular complexity index is 1030. The Kier molecular flexibility index (Phi) is 5.40. The van der Waals surface area contributed by atoms with Gasteiger partial charge >= 0.3 is 5.78 Å². The normalized spacial score (nSPS) is 26.7. The number of anilines is 2. The summed E-state index contributed by atoms with van der Waals surface area (Å²) in [5.41, 5.74) is 5.39. The van der Waals surface area contributed by atoms with Crippen LogP contribution in [0.2, 0.25) is 0 Å². The first kappa shape index (κ1) is 21.2. The average Bonchev–Trinajstić information content (AvgIpc) is 3.47. The maximum absolute atomic E-state index is 13.2. The first-order chi connectivity index (χ1) is 16.2. The minimum Gasteiger partial charge on any atom is -0.382 e. The van der Waals surface area contributed by atoms with Gasteiger partial charge in [0.05, 0.1) is 28.9 Å². The molecule has 0 unspecified atom stereocenters. The highest BCUT2D eigenvalue weighted by Crippen LogP contribution is 2.60. The van der Waals surface area contributed by atoms with E-state index in [0.29, 0.717) is 18.1 Å². The topological polar surface area (TPSA) is 39.9 Å². The number of likely N-dealkylation sites (tertiary alicyclic amines) is 1. The molecule has 5 heteroatoms. The molecule has 2 aromatic carbocycles. The van der Waals surface area contributed by atoms with Crippen LogP contribution in [0.5, 0.6) is 0 Å². The lowest BCUT2D eigenvalue weighted by Gasteiger charge is -2.54. The molecule has 33 heavy (non-hydrogen) atoms. The Labute approximate surface area is 196 Å². The fraction of sp³-hybridized carbons (Fsp3) is 0.536. The molecular weight excluding hydrogens is 413 g/mol. The summed E-state index contributed by atoms with van der Waals surface area (Å²) in [5.74, 6) is 1.47. The summed E-state index contributed by atoms with van der Waals surface area (Å²) in [4.78, 5) is 15.9. The van der Waals surface area contributed by atoms with Gasteiger partial charge < -0.3 is 15.1 Å². The van der Waals surface area contributed by atoms with Crippen molar-refractivity contribution in [1.82, 2.24) is 4.90 Å². The van der Waals surface area contributed by atoms with Crippen LogP contribution in [0.15, 0.2) is 42.5 Å². The summed E-state index contributed by atoms with van der Waals surface area (Å²) in [7, 11) is 0. The van der Waals surface area contributed by atoms with E-state index in [2.05, 4.69) is 33.3 Å². The molecule has 3 aliphatic heterocycles. The molecule has 1 aliphatic carbocycles. The van der Waals surface area contributed by atoms with Crippen molar-refractivity contribution in [1.29, 1.82) is 0 Å². The van der Waals surface area contributed by atoms with E-state index in [0.717, 1.165) is 50.6 Å². The second-order valence-electron chi connectivity index (χ2n) is 10.5. The zero-order valence-electron chi connectivity index (χ0n) is 19.4. The molecule has 0 spiro atoms. The summed E-state index contributed by atoms with van der Waals surface area (Å²) in [6.45, 7) is 5.41. The zero-order valence-corrected chi connectivity index (χ0v) is 19.4. The van der Waals surface area contributed by atoms with Crippen molar-refractivity contribution in [3.8, 4) is 0 Å². The number of nitrogens with one attached hydrogen (secondary N) is 1. The predicted octanol–water partition coefficient (Wildman–Crippen LogP) is 5.16. The quantitative estimate of drug-likeness (QED) is 0.490. The van der Waals surface area contributed by atoms with Gasteiger partial charge in [0.1, 0.15) is 5.82 Å². The summed E-state index contributed by atoms with van der Waals surface area (Å²) >= 11 is 0. The van der Waals surface area contributed by atoms with Crippen molar-refractivity contribution >= 4 is 17.2 Å². The maximum atomic E-state index is 13.2. The number of rotatable bonds is 6. The highest BCUT2D eigenvalue weighted by Gasteiger charge is 2.58. The molecule has 3 heterocycles. The van der Waals surface area contributed by atoms with E-state index < -0.39 is 0 Å². The average molecular weight is 449 g/mol. The van der Waals surface area contributed by atoms with E-state index >= 15 is 0 Å². The van der Waals surface area contributed by atoms with Crippen molar-refractivity contribution in [2.45, 2.75) is 56.4 Å². The largest absolute Gasteiger partial charge is 0.382 e. The van der Waals surface area contributed by atoms with E-state index in [9.17, 15) is 9.18 Å². The number of piperidine rings is 1. The fourth-order valence-corrected chi connectivity index (χ4v) is 7.42. The minimum absolute atomic E-state index is 0.265. The van der Waals surface area contributed by atoms with Crippen LogP contribution in [0.4, 0.5) is 15.8 Å².